The summed E-state index contributed by atoms with van der Waals surface area (Å²) in [5.41, 5.74) is 1.69. The van der Waals surface area contributed by atoms with E-state index in [2.05, 4.69) is 16.4 Å². The van der Waals surface area contributed by atoms with E-state index in [1.165, 1.54) is 0 Å². The van der Waals surface area contributed by atoms with E-state index in [1.807, 2.05) is 28.9 Å². The Bertz CT molecular complexity index is 1260. The lowest BCUT2D eigenvalue weighted by Gasteiger charge is -2.26. The molecule has 0 radical (unpaired) electrons. The number of nitrogens with one attached hydrogen (secondary N) is 1. The van der Waals surface area contributed by atoms with Gasteiger partial charge in [-0.2, -0.15) is 0 Å². The van der Waals surface area contributed by atoms with Crippen LogP contribution in [0.25, 0.3) is 26.3 Å². The minimum absolute atomic E-state index is 0.175. The molecule has 0 unspecified atom stereocenters. The number of aliphatic hydroxyl groups excluding tert-OH is 1. The number of anilines is 1. The fourth-order valence-electron chi connectivity index (χ4n) is 4.33. The first-order valence-corrected chi connectivity index (χ1v) is 11.4. The summed E-state index contributed by atoms with van der Waals surface area (Å²) in [6, 6.07) is 8.29. The highest BCUT2D eigenvalue weighted by Gasteiger charge is 2.21. The van der Waals surface area contributed by atoms with Crippen molar-refractivity contribution in [2.75, 3.05) is 26.6 Å². The average Bonchev–Trinajstić information content (AvgIpc) is 3.42. The number of hydrogen-bond donors (Lipinski definition) is 2. The van der Waals surface area contributed by atoms with Crippen molar-refractivity contribution in [3.63, 3.8) is 0 Å². The van der Waals surface area contributed by atoms with Crippen LogP contribution < -0.4 is 19.5 Å². The Morgan fingerprint density at radius 2 is 1.81 bits per heavy atom. The van der Waals surface area contributed by atoms with Gasteiger partial charge in [-0.3, -0.25) is 0 Å². The van der Waals surface area contributed by atoms with E-state index in [0.29, 0.717) is 23.3 Å². The number of ether oxygens (including phenoxy) is 3. The smallest absolute Gasteiger partial charge is 0.204 e. The third-order valence-corrected chi connectivity index (χ3v) is 7.09. The van der Waals surface area contributed by atoms with Crippen molar-refractivity contribution in [1.82, 2.24) is 14.6 Å². The van der Waals surface area contributed by atoms with Crippen LogP contribution in [0.3, 0.4) is 0 Å². The number of aliphatic hydroxyl groups is 1. The summed E-state index contributed by atoms with van der Waals surface area (Å²) < 4.78 is 19.6. The molecule has 0 bridgehead atoms. The zero-order chi connectivity index (χ0) is 22.2. The summed E-state index contributed by atoms with van der Waals surface area (Å²) in [5, 5.41) is 19.0. The van der Waals surface area contributed by atoms with Gasteiger partial charge in [-0.25, -0.2) is 9.50 Å². The Kier molecular flexibility index (Phi) is 5.52. The van der Waals surface area contributed by atoms with Crippen LogP contribution in [0.4, 0.5) is 5.82 Å². The van der Waals surface area contributed by atoms with Crippen LogP contribution in [0.1, 0.15) is 25.7 Å². The summed E-state index contributed by atoms with van der Waals surface area (Å²) >= 11 is 1.63. The van der Waals surface area contributed by atoms with Crippen LogP contribution in [0, 0.1) is 0 Å². The Morgan fingerprint density at radius 1 is 1.03 bits per heavy atom. The van der Waals surface area contributed by atoms with Gasteiger partial charge < -0.3 is 24.6 Å². The first-order valence-electron chi connectivity index (χ1n) is 10.6. The van der Waals surface area contributed by atoms with E-state index in [4.69, 9.17) is 19.3 Å². The molecule has 5 rings (SSSR count). The van der Waals surface area contributed by atoms with Gasteiger partial charge >= 0.3 is 0 Å². The third-order valence-electron chi connectivity index (χ3n) is 5.99. The van der Waals surface area contributed by atoms with Gasteiger partial charge in [0.25, 0.3) is 0 Å². The number of nitrogens with zero attached hydrogens (tertiary/aromatic N) is 3. The van der Waals surface area contributed by atoms with Crippen molar-refractivity contribution in [2.24, 2.45) is 0 Å². The van der Waals surface area contributed by atoms with Crippen LogP contribution >= 0.6 is 11.3 Å². The van der Waals surface area contributed by atoms with Gasteiger partial charge in [-0.15, -0.1) is 16.4 Å². The predicted molar refractivity (Wildman–Crippen MR) is 125 cm³/mol. The molecule has 9 heteroatoms. The molecule has 4 aromatic rings. The van der Waals surface area contributed by atoms with Crippen LogP contribution in [-0.2, 0) is 0 Å². The third kappa shape index (κ3) is 3.61. The van der Waals surface area contributed by atoms with Crippen molar-refractivity contribution in [3.05, 3.63) is 30.5 Å². The van der Waals surface area contributed by atoms with Crippen LogP contribution in [0.15, 0.2) is 30.5 Å². The minimum Gasteiger partial charge on any atom is -0.493 e. The van der Waals surface area contributed by atoms with Gasteiger partial charge in [0.1, 0.15) is 11.5 Å². The Hall–Kier alpha value is -3.04. The zero-order valence-corrected chi connectivity index (χ0v) is 19.1. The van der Waals surface area contributed by atoms with Crippen molar-refractivity contribution >= 4 is 32.9 Å². The molecule has 32 heavy (non-hydrogen) atoms. The van der Waals surface area contributed by atoms with Gasteiger partial charge in [-0.05, 0) is 43.9 Å². The maximum absolute atomic E-state index is 9.75. The molecule has 168 valence electrons. The molecule has 1 fully saturated rings. The Labute approximate surface area is 189 Å². The standard InChI is InChI=1S/C23H26N4O4S/c1-29-17-11-18-15(22(30-2)23(17)31-3)10-19(32-18)16-12-24-21-9-8-20(26-27(16)21)25-13-4-6-14(28)7-5-13/h8-14,28H,4-7H2,1-3H3,(H,25,26)/t13-,14-. The fourth-order valence-corrected chi connectivity index (χ4v) is 5.41. The van der Waals surface area contributed by atoms with E-state index in [-0.39, 0.29) is 6.10 Å². The van der Waals surface area contributed by atoms with E-state index in [0.717, 1.165) is 57.8 Å². The maximum Gasteiger partial charge on any atom is 0.204 e. The lowest BCUT2D eigenvalue weighted by atomic mass is 9.93. The summed E-state index contributed by atoms with van der Waals surface area (Å²) in [6.07, 6.45) is 5.20. The van der Waals surface area contributed by atoms with Crippen molar-refractivity contribution in [3.8, 4) is 27.8 Å². The highest BCUT2D eigenvalue weighted by Crippen LogP contribution is 2.47. The SMILES string of the molecule is COc1cc2sc(-c3cnc4ccc(N[C@H]5CC[C@H](O)CC5)nn34)cc2c(OC)c1OC. The van der Waals surface area contributed by atoms with Gasteiger partial charge in [0.15, 0.2) is 17.1 Å². The second-order valence-electron chi connectivity index (χ2n) is 7.95. The van der Waals surface area contributed by atoms with E-state index in [1.54, 1.807) is 32.7 Å². The molecule has 3 aromatic heterocycles. The van der Waals surface area contributed by atoms with Crippen molar-refractivity contribution < 1.29 is 19.3 Å². The molecule has 0 amide bonds. The summed E-state index contributed by atoms with van der Waals surface area (Å²) in [7, 11) is 4.86. The number of imidazole rings is 1. The summed E-state index contributed by atoms with van der Waals surface area (Å²) in [5.74, 6) is 2.66. The quantitative estimate of drug-likeness (QED) is 0.448. The molecule has 2 N–H and O–H groups in total. The highest BCUT2D eigenvalue weighted by atomic mass is 32.1. The van der Waals surface area contributed by atoms with Crippen LogP contribution in [0.2, 0.25) is 0 Å². The number of methoxy groups -OCH3 is 3. The molecule has 1 saturated carbocycles. The van der Waals surface area contributed by atoms with Crippen molar-refractivity contribution in [2.45, 2.75) is 37.8 Å². The molecule has 1 aliphatic rings. The molecule has 1 aromatic carbocycles. The number of thiophene rings is 1. The highest BCUT2D eigenvalue weighted by molar-refractivity contribution is 7.22. The monoisotopic (exact) mass is 454 g/mol. The fraction of sp³-hybridized carbons (Fsp3) is 0.391. The van der Waals surface area contributed by atoms with Gasteiger partial charge in [0.2, 0.25) is 5.75 Å². The first kappa shape index (κ1) is 20.8. The first-order chi connectivity index (χ1) is 15.6. The van der Waals surface area contributed by atoms with Gasteiger partial charge in [0, 0.05) is 22.2 Å². The van der Waals surface area contributed by atoms with E-state index < -0.39 is 0 Å². The van der Waals surface area contributed by atoms with E-state index >= 15 is 0 Å². The second kappa shape index (κ2) is 8.48. The van der Waals surface area contributed by atoms with Crippen molar-refractivity contribution in [1.29, 1.82) is 0 Å². The Balaban J connectivity index is 1.54. The zero-order valence-electron chi connectivity index (χ0n) is 18.3. The van der Waals surface area contributed by atoms with Crippen LogP contribution in [0.5, 0.6) is 17.2 Å². The molecular weight excluding hydrogens is 428 g/mol. The summed E-state index contributed by atoms with van der Waals surface area (Å²) in [4.78, 5) is 5.56. The van der Waals surface area contributed by atoms with Gasteiger partial charge in [-0.1, -0.05) is 0 Å². The lowest BCUT2D eigenvalue weighted by Crippen LogP contribution is -2.28. The molecule has 8 nitrogen and oxygen atoms in total. The molecule has 0 saturated heterocycles. The number of hydrogen-bond acceptors (Lipinski definition) is 8. The largest absolute Gasteiger partial charge is 0.493 e. The van der Waals surface area contributed by atoms with E-state index in [9.17, 15) is 5.11 Å². The normalized spacial score (nSPS) is 18.8. The van der Waals surface area contributed by atoms with Gasteiger partial charge in [0.05, 0.1) is 38.5 Å². The topological polar surface area (TPSA) is 90.1 Å². The second-order valence-corrected chi connectivity index (χ2v) is 9.03. The number of aromatic nitrogens is 3. The number of rotatable bonds is 6. The Morgan fingerprint density at radius 3 is 2.53 bits per heavy atom. The summed E-state index contributed by atoms with van der Waals surface area (Å²) in [6.45, 7) is 0. The van der Waals surface area contributed by atoms with Crippen LogP contribution in [-0.4, -0.2) is 53.2 Å². The molecule has 0 atom stereocenters. The maximum atomic E-state index is 9.75. The molecule has 0 aliphatic heterocycles. The molecule has 1 aliphatic carbocycles. The average molecular weight is 455 g/mol. The number of benzene rings is 1. The number of fused-ring (bicyclic) bond motifs is 2. The minimum atomic E-state index is -0.175. The molecular formula is C23H26N4O4S. The molecule has 3 heterocycles. The predicted octanol–water partition coefficient (Wildman–Crippen LogP) is 4.35. The lowest BCUT2D eigenvalue weighted by molar-refractivity contribution is 0.126. The molecule has 0 spiro atoms.